The standard InChI is InChI=1S/2C17H17F3N2O2S/c2*1-2-25(23,24)22-16-8-7-13-14(9-21-10-15(13)16)11-3-5-12(6-4-11)17(18,19)20/h2*3-6,9-10,16,22H,2,7-8H2,1H3. The molecular weight excluding hydrogens is 707 g/mol. The van der Waals surface area contributed by atoms with Crippen molar-refractivity contribution in [1.29, 1.82) is 0 Å². The number of nitrogens with zero attached hydrogens (tertiary/aromatic N) is 2. The van der Waals surface area contributed by atoms with Crippen LogP contribution in [0.5, 0.6) is 0 Å². The van der Waals surface area contributed by atoms with E-state index >= 15 is 0 Å². The Morgan fingerprint density at radius 1 is 0.600 bits per heavy atom. The Balaban J connectivity index is 0.000000194. The Kier molecular flexibility index (Phi) is 10.8. The number of pyridine rings is 2. The first-order valence-corrected chi connectivity index (χ1v) is 19.0. The molecule has 268 valence electrons. The van der Waals surface area contributed by atoms with Crippen molar-refractivity contribution >= 4 is 20.0 Å². The van der Waals surface area contributed by atoms with Crippen molar-refractivity contribution in [3.63, 3.8) is 0 Å². The first kappa shape index (κ1) is 37.4. The lowest BCUT2D eigenvalue weighted by atomic mass is 9.98. The van der Waals surface area contributed by atoms with Gasteiger partial charge in [-0.15, -0.1) is 0 Å². The third-order valence-electron chi connectivity index (χ3n) is 8.75. The van der Waals surface area contributed by atoms with E-state index in [1.165, 1.54) is 24.3 Å². The molecule has 0 aliphatic heterocycles. The lowest BCUT2D eigenvalue weighted by Crippen LogP contribution is -2.28. The van der Waals surface area contributed by atoms with E-state index in [4.69, 9.17) is 0 Å². The predicted octanol–water partition coefficient (Wildman–Crippen LogP) is 7.39. The van der Waals surface area contributed by atoms with Crippen molar-refractivity contribution in [2.24, 2.45) is 0 Å². The number of benzene rings is 2. The Hall–Kier alpha value is -3.86. The van der Waals surface area contributed by atoms with Gasteiger partial charge in [-0.25, -0.2) is 26.3 Å². The highest BCUT2D eigenvalue weighted by Crippen LogP contribution is 2.40. The monoisotopic (exact) mass is 740 g/mol. The second kappa shape index (κ2) is 14.4. The fraction of sp³-hybridized carbons (Fsp3) is 0.353. The second-order valence-electron chi connectivity index (χ2n) is 11.9. The van der Waals surface area contributed by atoms with Crippen LogP contribution in [-0.2, 0) is 45.2 Å². The van der Waals surface area contributed by atoms with Gasteiger partial charge in [0.15, 0.2) is 0 Å². The molecule has 0 bridgehead atoms. The van der Waals surface area contributed by atoms with Gasteiger partial charge in [-0.05, 0) is 97.2 Å². The molecule has 2 aliphatic rings. The number of hydrogen-bond donors (Lipinski definition) is 2. The molecule has 2 unspecified atom stereocenters. The first-order valence-electron chi connectivity index (χ1n) is 15.7. The Morgan fingerprint density at radius 3 is 1.24 bits per heavy atom. The summed E-state index contributed by atoms with van der Waals surface area (Å²) in [5.41, 5.74) is 4.78. The number of aromatic nitrogens is 2. The van der Waals surface area contributed by atoms with Gasteiger partial charge < -0.3 is 0 Å². The number of halogens is 6. The number of alkyl halides is 6. The maximum absolute atomic E-state index is 12.7. The van der Waals surface area contributed by atoms with E-state index in [2.05, 4.69) is 19.4 Å². The summed E-state index contributed by atoms with van der Waals surface area (Å²) < 4.78 is 129. The highest BCUT2D eigenvalue weighted by atomic mass is 32.2. The lowest BCUT2D eigenvalue weighted by Gasteiger charge is -2.14. The maximum Gasteiger partial charge on any atom is 0.416 e. The molecule has 0 fully saturated rings. The van der Waals surface area contributed by atoms with Gasteiger partial charge in [-0.1, -0.05) is 24.3 Å². The van der Waals surface area contributed by atoms with Crippen LogP contribution in [-0.4, -0.2) is 38.3 Å². The molecule has 2 aliphatic carbocycles. The quantitative estimate of drug-likeness (QED) is 0.182. The van der Waals surface area contributed by atoms with Gasteiger partial charge in [0.1, 0.15) is 0 Å². The van der Waals surface area contributed by atoms with Crippen LogP contribution >= 0.6 is 0 Å². The highest BCUT2D eigenvalue weighted by Gasteiger charge is 2.33. The minimum atomic E-state index is -4.38. The van der Waals surface area contributed by atoms with Crippen molar-refractivity contribution in [2.75, 3.05) is 11.5 Å². The average Bonchev–Trinajstić information content (AvgIpc) is 3.67. The summed E-state index contributed by atoms with van der Waals surface area (Å²) >= 11 is 0. The van der Waals surface area contributed by atoms with Gasteiger partial charge in [0, 0.05) is 48.0 Å². The van der Waals surface area contributed by atoms with Crippen molar-refractivity contribution < 1.29 is 43.2 Å². The fourth-order valence-electron chi connectivity index (χ4n) is 6.07. The predicted molar refractivity (Wildman–Crippen MR) is 177 cm³/mol. The smallest absolute Gasteiger partial charge is 0.264 e. The normalized spacial score (nSPS) is 17.5. The molecule has 50 heavy (non-hydrogen) atoms. The van der Waals surface area contributed by atoms with Gasteiger partial charge in [0.05, 0.1) is 22.6 Å². The van der Waals surface area contributed by atoms with Crippen LogP contribution in [0.2, 0.25) is 0 Å². The molecule has 2 N–H and O–H groups in total. The summed E-state index contributed by atoms with van der Waals surface area (Å²) in [5, 5.41) is 0. The van der Waals surface area contributed by atoms with Gasteiger partial charge in [-0.2, -0.15) is 26.3 Å². The zero-order chi connectivity index (χ0) is 36.5. The van der Waals surface area contributed by atoms with Gasteiger partial charge in [0.2, 0.25) is 20.0 Å². The van der Waals surface area contributed by atoms with Crippen molar-refractivity contribution in [3.8, 4) is 22.3 Å². The van der Waals surface area contributed by atoms with Crippen LogP contribution in [0.25, 0.3) is 22.3 Å². The summed E-state index contributed by atoms with van der Waals surface area (Å²) in [6, 6.07) is 9.16. The minimum Gasteiger partial charge on any atom is -0.264 e. The van der Waals surface area contributed by atoms with Crippen LogP contribution in [0, 0.1) is 0 Å². The molecule has 0 saturated carbocycles. The molecule has 2 atom stereocenters. The zero-order valence-electron chi connectivity index (χ0n) is 26.9. The van der Waals surface area contributed by atoms with Gasteiger partial charge in [-0.3, -0.25) is 9.97 Å². The molecule has 2 aromatic heterocycles. The third kappa shape index (κ3) is 8.53. The highest BCUT2D eigenvalue weighted by molar-refractivity contribution is 7.89. The molecular formula is C34H34F6N4O4S2. The Morgan fingerprint density at radius 2 is 0.940 bits per heavy atom. The minimum absolute atomic E-state index is 0.00907. The van der Waals surface area contributed by atoms with Gasteiger partial charge >= 0.3 is 12.4 Å². The zero-order valence-corrected chi connectivity index (χ0v) is 28.6. The Bertz CT molecular complexity index is 1900. The largest absolute Gasteiger partial charge is 0.416 e. The summed E-state index contributed by atoms with van der Waals surface area (Å²) in [5.74, 6) is -0.0181. The molecule has 4 aromatic rings. The summed E-state index contributed by atoms with van der Waals surface area (Å²) in [7, 11) is -6.70. The second-order valence-corrected chi connectivity index (χ2v) is 16.0. The number of hydrogen-bond acceptors (Lipinski definition) is 6. The number of nitrogens with one attached hydrogen (secondary N) is 2. The molecule has 0 saturated heterocycles. The van der Waals surface area contributed by atoms with E-state index in [0.29, 0.717) is 36.8 Å². The van der Waals surface area contributed by atoms with Crippen LogP contribution in [0.3, 0.4) is 0 Å². The third-order valence-corrected chi connectivity index (χ3v) is 11.6. The van der Waals surface area contributed by atoms with E-state index < -0.39 is 43.5 Å². The van der Waals surface area contributed by atoms with E-state index in [9.17, 15) is 43.2 Å². The van der Waals surface area contributed by atoms with E-state index in [0.717, 1.165) is 57.6 Å². The van der Waals surface area contributed by atoms with Crippen LogP contribution in [0.1, 0.15) is 72.2 Å². The van der Waals surface area contributed by atoms with Crippen molar-refractivity contribution in [3.05, 3.63) is 107 Å². The van der Waals surface area contributed by atoms with E-state index in [-0.39, 0.29) is 23.6 Å². The SMILES string of the molecule is CCS(=O)(=O)NC1CCc2c(-c3ccc(C(F)(F)F)cc3)cncc21.CCS(=O)(=O)NC1CCc2c(-c3ccc(C(F)(F)F)cc3)cncc21. The van der Waals surface area contributed by atoms with Crippen LogP contribution in [0.4, 0.5) is 26.3 Å². The molecule has 6 rings (SSSR count). The summed E-state index contributed by atoms with van der Waals surface area (Å²) in [6.07, 6.45) is 0.212. The lowest BCUT2D eigenvalue weighted by molar-refractivity contribution is -0.138. The van der Waals surface area contributed by atoms with E-state index in [1.807, 2.05) is 0 Å². The maximum atomic E-state index is 12.7. The molecule has 2 heterocycles. The topological polar surface area (TPSA) is 118 Å². The molecule has 8 nitrogen and oxygen atoms in total. The first-order chi connectivity index (χ1) is 23.4. The summed E-state index contributed by atoms with van der Waals surface area (Å²) in [6.45, 7) is 3.13. The van der Waals surface area contributed by atoms with E-state index in [1.54, 1.807) is 38.6 Å². The van der Waals surface area contributed by atoms with Gasteiger partial charge in [0.25, 0.3) is 0 Å². The Labute approximate surface area is 286 Å². The molecule has 16 heteroatoms. The molecule has 0 spiro atoms. The van der Waals surface area contributed by atoms with Crippen LogP contribution < -0.4 is 9.44 Å². The molecule has 2 aromatic carbocycles. The molecule has 0 amide bonds. The summed E-state index contributed by atoms with van der Waals surface area (Å²) in [4.78, 5) is 8.31. The van der Waals surface area contributed by atoms with Crippen molar-refractivity contribution in [2.45, 2.75) is 64.0 Å². The number of rotatable bonds is 8. The number of fused-ring (bicyclic) bond motifs is 2. The van der Waals surface area contributed by atoms with Crippen molar-refractivity contribution in [1.82, 2.24) is 19.4 Å². The average molecular weight is 741 g/mol. The fourth-order valence-corrected chi connectivity index (χ4v) is 7.76. The molecule has 0 radical (unpaired) electrons. The van der Waals surface area contributed by atoms with Crippen LogP contribution in [0.15, 0.2) is 73.3 Å². The number of sulfonamides is 2.